The predicted octanol–water partition coefficient (Wildman–Crippen LogP) is 1.03. The molecule has 0 atom stereocenters. The van der Waals surface area contributed by atoms with Gasteiger partial charge in [0.25, 0.3) is 5.91 Å². The maximum atomic E-state index is 13.2. The molecular weight excluding hydrogens is 223 g/mol. The summed E-state index contributed by atoms with van der Waals surface area (Å²) in [6.45, 7) is 0. The first-order chi connectivity index (χ1) is 7.40. The minimum Gasteiger partial charge on any atom is -0.339 e. The summed E-state index contributed by atoms with van der Waals surface area (Å²) in [6.07, 6.45) is 0.714. The second-order valence-electron chi connectivity index (χ2n) is 4.40. The summed E-state index contributed by atoms with van der Waals surface area (Å²) >= 11 is 0. The second kappa shape index (κ2) is 2.41. The number of aromatic nitrogens is 2. The molecule has 0 spiro atoms. The molecule has 16 heavy (non-hydrogen) atoms. The van der Waals surface area contributed by atoms with E-state index < -0.39 is 23.0 Å². The fourth-order valence-corrected chi connectivity index (χ4v) is 2.40. The first-order valence-corrected chi connectivity index (χ1v) is 4.79. The average molecular weight is 231 g/mol. The van der Waals surface area contributed by atoms with Crippen molar-refractivity contribution in [1.82, 2.24) is 15.5 Å². The van der Waals surface area contributed by atoms with Crippen molar-refractivity contribution in [1.29, 1.82) is 0 Å². The molecule has 0 unspecified atom stereocenters. The quantitative estimate of drug-likeness (QED) is 0.798. The van der Waals surface area contributed by atoms with Gasteiger partial charge in [0.2, 0.25) is 0 Å². The SMILES string of the molecule is O=C(NC12CC(F)(C1)C2(F)F)c1ccn[nH]1. The Hall–Kier alpha value is -1.53. The molecule has 4 rings (SSSR count). The summed E-state index contributed by atoms with van der Waals surface area (Å²) in [5.74, 6) is -4.13. The highest BCUT2D eigenvalue weighted by Crippen LogP contribution is 2.72. The molecule has 2 N–H and O–H groups in total. The van der Waals surface area contributed by atoms with Gasteiger partial charge in [-0.3, -0.25) is 9.89 Å². The molecule has 1 aromatic rings. The molecule has 3 saturated carbocycles. The normalized spacial score (nSPS) is 38.4. The Balaban J connectivity index is 1.76. The number of amides is 1. The van der Waals surface area contributed by atoms with Gasteiger partial charge in [0.15, 0.2) is 5.67 Å². The highest BCUT2D eigenvalue weighted by Gasteiger charge is 2.91. The monoisotopic (exact) mass is 231 g/mol. The number of nitrogens with zero attached hydrogens (tertiary/aromatic N) is 1. The van der Waals surface area contributed by atoms with Crippen LogP contribution in [0.5, 0.6) is 0 Å². The van der Waals surface area contributed by atoms with Gasteiger partial charge in [-0.05, 0) is 6.07 Å². The number of H-pyrrole nitrogens is 1. The van der Waals surface area contributed by atoms with Crippen molar-refractivity contribution in [3.05, 3.63) is 18.0 Å². The standard InChI is InChI=1S/C9H8F3N3O/c10-7-3-8(4-7,9(7,11)12)14-6(16)5-1-2-13-15-5/h1-2H,3-4H2,(H,13,15)(H,14,16). The van der Waals surface area contributed by atoms with Crippen LogP contribution in [0.4, 0.5) is 13.2 Å². The number of hydrogen-bond acceptors (Lipinski definition) is 2. The number of hydrogen-bond donors (Lipinski definition) is 2. The van der Waals surface area contributed by atoms with Crippen LogP contribution in [-0.2, 0) is 0 Å². The molecule has 2 bridgehead atoms. The zero-order chi connectivity index (χ0) is 11.6. The van der Waals surface area contributed by atoms with Gasteiger partial charge in [-0.25, -0.2) is 13.2 Å². The Bertz CT molecular complexity index is 451. The summed E-state index contributed by atoms with van der Waals surface area (Å²) < 4.78 is 39.6. The molecule has 86 valence electrons. The molecule has 1 heterocycles. The van der Waals surface area contributed by atoms with Crippen LogP contribution < -0.4 is 5.32 Å². The molecule has 3 aliphatic rings. The predicted molar refractivity (Wildman–Crippen MR) is 46.8 cm³/mol. The number of nitrogens with one attached hydrogen (secondary N) is 2. The van der Waals surface area contributed by atoms with Crippen molar-refractivity contribution >= 4 is 5.91 Å². The summed E-state index contributed by atoms with van der Waals surface area (Å²) in [6, 6.07) is 1.37. The van der Waals surface area contributed by atoms with Crippen molar-refractivity contribution in [2.45, 2.75) is 30.0 Å². The van der Waals surface area contributed by atoms with E-state index in [1.807, 2.05) is 0 Å². The van der Waals surface area contributed by atoms with Crippen LogP contribution in [0.2, 0.25) is 0 Å². The van der Waals surface area contributed by atoms with Crippen LogP contribution in [0.1, 0.15) is 23.3 Å². The van der Waals surface area contributed by atoms with Crippen molar-refractivity contribution in [2.24, 2.45) is 0 Å². The molecule has 3 fully saturated rings. The van der Waals surface area contributed by atoms with Crippen LogP contribution in [-0.4, -0.2) is 33.2 Å². The Morgan fingerprint density at radius 2 is 2.12 bits per heavy atom. The van der Waals surface area contributed by atoms with Crippen LogP contribution >= 0.6 is 0 Å². The zero-order valence-corrected chi connectivity index (χ0v) is 8.06. The van der Waals surface area contributed by atoms with Crippen molar-refractivity contribution in [2.75, 3.05) is 0 Å². The molecule has 7 heteroatoms. The van der Waals surface area contributed by atoms with Crippen LogP contribution in [0.3, 0.4) is 0 Å². The van der Waals surface area contributed by atoms with Gasteiger partial charge in [0.05, 0.1) is 0 Å². The van der Waals surface area contributed by atoms with E-state index in [1.54, 1.807) is 0 Å². The first kappa shape index (κ1) is 9.68. The van der Waals surface area contributed by atoms with Crippen LogP contribution in [0.25, 0.3) is 0 Å². The van der Waals surface area contributed by atoms with Gasteiger partial charge in [0, 0.05) is 19.0 Å². The summed E-state index contributed by atoms with van der Waals surface area (Å²) in [4.78, 5) is 11.5. The van der Waals surface area contributed by atoms with Gasteiger partial charge in [-0.15, -0.1) is 0 Å². The summed E-state index contributed by atoms with van der Waals surface area (Å²) in [5.41, 5.74) is -4.01. The van der Waals surface area contributed by atoms with E-state index in [0.29, 0.717) is 0 Å². The van der Waals surface area contributed by atoms with Crippen molar-refractivity contribution in [3.63, 3.8) is 0 Å². The third kappa shape index (κ3) is 0.830. The largest absolute Gasteiger partial charge is 0.339 e. The smallest absolute Gasteiger partial charge is 0.304 e. The minimum atomic E-state index is -3.45. The first-order valence-electron chi connectivity index (χ1n) is 4.79. The molecule has 0 aromatic carbocycles. The molecule has 1 aromatic heterocycles. The van der Waals surface area contributed by atoms with Crippen molar-refractivity contribution in [3.8, 4) is 0 Å². The van der Waals surface area contributed by atoms with E-state index in [1.165, 1.54) is 12.3 Å². The second-order valence-corrected chi connectivity index (χ2v) is 4.40. The van der Waals surface area contributed by atoms with Gasteiger partial charge in [0.1, 0.15) is 11.2 Å². The topological polar surface area (TPSA) is 57.8 Å². The lowest BCUT2D eigenvalue weighted by Crippen LogP contribution is -2.91. The molecule has 4 nitrogen and oxygen atoms in total. The van der Waals surface area contributed by atoms with E-state index in [9.17, 15) is 18.0 Å². The van der Waals surface area contributed by atoms with E-state index in [4.69, 9.17) is 0 Å². The Labute approximate surface area is 88.2 Å². The lowest BCUT2D eigenvalue weighted by molar-refractivity contribution is -0.367. The van der Waals surface area contributed by atoms with Gasteiger partial charge >= 0.3 is 5.92 Å². The average Bonchev–Trinajstić information content (AvgIpc) is 2.68. The van der Waals surface area contributed by atoms with Gasteiger partial charge in [-0.1, -0.05) is 0 Å². The lowest BCUT2D eigenvalue weighted by atomic mass is 9.44. The Morgan fingerprint density at radius 3 is 2.56 bits per heavy atom. The number of carbonyl (C=O) groups is 1. The highest BCUT2D eigenvalue weighted by atomic mass is 19.3. The van der Waals surface area contributed by atoms with Crippen LogP contribution in [0.15, 0.2) is 12.3 Å². The van der Waals surface area contributed by atoms with E-state index in [0.717, 1.165) is 0 Å². The van der Waals surface area contributed by atoms with Gasteiger partial charge < -0.3 is 5.32 Å². The lowest BCUT2D eigenvalue weighted by Gasteiger charge is -2.70. The summed E-state index contributed by atoms with van der Waals surface area (Å²) in [7, 11) is 0. The molecule has 3 aliphatic carbocycles. The number of carbonyl (C=O) groups excluding carboxylic acids is 1. The maximum Gasteiger partial charge on any atom is 0.304 e. The number of halogens is 3. The molecule has 0 aliphatic heterocycles. The number of aromatic amines is 1. The number of alkyl halides is 3. The number of rotatable bonds is 2. The zero-order valence-electron chi connectivity index (χ0n) is 8.06. The molecule has 1 amide bonds. The Morgan fingerprint density at radius 1 is 1.44 bits per heavy atom. The minimum absolute atomic E-state index is 0.0911. The molecule has 0 saturated heterocycles. The molecular formula is C9H8F3N3O. The fraction of sp³-hybridized carbons (Fsp3) is 0.556. The van der Waals surface area contributed by atoms with E-state index >= 15 is 0 Å². The third-order valence-corrected chi connectivity index (χ3v) is 3.43. The van der Waals surface area contributed by atoms with Crippen LogP contribution in [0, 0.1) is 0 Å². The van der Waals surface area contributed by atoms with Crippen molar-refractivity contribution < 1.29 is 18.0 Å². The highest BCUT2D eigenvalue weighted by molar-refractivity contribution is 5.93. The maximum absolute atomic E-state index is 13.2. The molecule has 0 radical (unpaired) electrons. The van der Waals surface area contributed by atoms with E-state index in [2.05, 4.69) is 15.5 Å². The summed E-state index contributed by atoms with van der Waals surface area (Å²) in [5, 5.41) is 8.07. The van der Waals surface area contributed by atoms with E-state index in [-0.39, 0.29) is 18.5 Å². The fourth-order valence-electron chi connectivity index (χ4n) is 2.40. The third-order valence-electron chi connectivity index (χ3n) is 3.43. The van der Waals surface area contributed by atoms with Gasteiger partial charge in [-0.2, -0.15) is 5.10 Å². The Kier molecular flexibility index (Phi) is 1.46.